The van der Waals surface area contributed by atoms with Gasteiger partial charge in [-0.25, -0.2) is 4.79 Å². The molecule has 1 saturated carbocycles. The fourth-order valence-electron chi connectivity index (χ4n) is 3.73. The Bertz CT molecular complexity index is 1020. The third-order valence-corrected chi connectivity index (χ3v) is 5.14. The van der Waals surface area contributed by atoms with E-state index in [9.17, 15) is 9.59 Å². The van der Waals surface area contributed by atoms with Gasteiger partial charge in [0.05, 0.1) is 23.8 Å². The lowest BCUT2D eigenvalue weighted by Crippen LogP contribution is -2.29. The van der Waals surface area contributed by atoms with Gasteiger partial charge in [0.15, 0.2) is 0 Å². The van der Waals surface area contributed by atoms with Crippen molar-refractivity contribution >= 4 is 28.5 Å². The van der Waals surface area contributed by atoms with Crippen LogP contribution in [0.15, 0.2) is 48.5 Å². The van der Waals surface area contributed by atoms with Crippen LogP contribution in [0.25, 0.3) is 10.9 Å². The van der Waals surface area contributed by atoms with Crippen LogP contribution in [-0.2, 0) is 14.9 Å². The largest absolute Gasteiger partial charge is 0.465 e. The Morgan fingerprint density at radius 2 is 1.77 bits per heavy atom. The molecule has 0 radical (unpaired) electrons. The lowest BCUT2D eigenvalue weighted by molar-refractivity contribution is -0.118. The SMILES string of the molecule is COC(=O)c1ccccc1NC(=O)C1(c2c(C)[nH]c3ccccc23)CC1. The van der Waals surface area contributed by atoms with Crippen LogP contribution >= 0.6 is 0 Å². The first-order chi connectivity index (χ1) is 12.6. The normalized spacial score (nSPS) is 14.8. The number of amides is 1. The number of hydrogen-bond donors (Lipinski definition) is 2. The number of H-pyrrole nitrogens is 1. The van der Waals surface area contributed by atoms with Crippen molar-refractivity contribution in [1.82, 2.24) is 4.98 Å². The molecule has 1 fully saturated rings. The number of fused-ring (bicyclic) bond motifs is 1. The molecule has 0 bridgehead atoms. The average molecular weight is 348 g/mol. The fraction of sp³-hybridized carbons (Fsp3) is 0.238. The zero-order valence-corrected chi connectivity index (χ0v) is 14.8. The number of carbonyl (C=O) groups is 2. The summed E-state index contributed by atoms with van der Waals surface area (Å²) in [4.78, 5) is 28.5. The van der Waals surface area contributed by atoms with Gasteiger partial charge in [-0.2, -0.15) is 0 Å². The van der Waals surface area contributed by atoms with E-state index in [-0.39, 0.29) is 5.91 Å². The zero-order valence-electron chi connectivity index (χ0n) is 14.8. The molecule has 1 amide bonds. The van der Waals surface area contributed by atoms with Gasteiger partial charge in [-0.1, -0.05) is 30.3 Å². The standard InChI is InChI=1S/C21H20N2O3/c1-13-18(14-7-3-5-9-16(14)22-13)21(11-12-21)20(25)23-17-10-6-4-8-15(17)19(24)26-2/h3-10,22H,11-12H2,1-2H3,(H,23,25). The van der Waals surface area contributed by atoms with Crippen molar-refractivity contribution in [2.24, 2.45) is 0 Å². The first kappa shape index (κ1) is 16.4. The Balaban J connectivity index is 1.71. The zero-order chi connectivity index (χ0) is 18.3. The van der Waals surface area contributed by atoms with Crippen molar-refractivity contribution in [3.8, 4) is 0 Å². The van der Waals surface area contributed by atoms with Gasteiger partial charge in [0, 0.05) is 16.6 Å². The van der Waals surface area contributed by atoms with Crippen LogP contribution in [0, 0.1) is 6.92 Å². The molecule has 2 aromatic carbocycles. The number of aromatic amines is 1. The molecule has 5 nitrogen and oxygen atoms in total. The second kappa shape index (κ2) is 6.02. The molecule has 1 aliphatic rings. The second-order valence-corrected chi connectivity index (χ2v) is 6.74. The molecule has 1 heterocycles. The lowest BCUT2D eigenvalue weighted by atomic mass is 9.92. The summed E-state index contributed by atoms with van der Waals surface area (Å²) in [6, 6.07) is 14.9. The first-order valence-electron chi connectivity index (χ1n) is 8.63. The number of carbonyl (C=O) groups excluding carboxylic acids is 2. The summed E-state index contributed by atoms with van der Waals surface area (Å²) in [6.45, 7) is 2.01. The van der Waals surface area contributed by atoms with Crippen molar-refractivity contribution in [2.45, 2.75) is 25.2 Å². The second-order valence-electron chi connectivity index (χ2n) is 6.74. The molecule has 2 N–H and O–H groups in total. The summed E-state index contributed by atoms with van der Waals surface area (Å²) in [7, 11) is 1.33. The number of hydrogen-bond acceptors (Lipinski definition) is 3. The molecule has 0 spiro atoms. The van der Waals surface area contributed by atoms with Crippen LogP contribution in [0.3, 0.4) is 0 Å². The van der Waals surface area contributed by atoms with E-state index in [1.54, 1.807) is 24.3 Å². The number of benzene rings is 2. The van der Waals surface area contributed by atoms with E-state index >= 15 is 0 Å². The molecule has 0 aliphatic heterocycles. The van der Waals surface area contributed by atoms with Gasteiger partial charge < -0.3 is 15.0 Å². The first-order valence-corrected chi connectivity index (χ1v) is 8.63. The summed E-state index contributed by atoms with van der Waals surface area (Å²) in [5.74, 6) is -0.546. The molecule has 3 aromatic rings. The van der Waals surface area contributed by atoms with E-state index in [0.29, 0.717) is 11.3 Å². The van der Waals surface area contributed by atoms with Gasteiger partial charge in [-0.3, -0.25) is 4.79 Å². The topological polar surface area (TPSA) is 71.2 Å². The summed E-state index contributed by atoms with van der Waals surface area (Å²) >= 11 is 0. The minimum atomic E-state index is -0.549. The third kappa shape index (κ3) is 2.47. The highest BCUT2D eigenvalue weighted by atomic mass is 16.5. The Morgan fingerprint density at radius 3 is 2.50 bits per heavy atom. The van der Waals surface area contributed by atoms with Crippen LogP contribution in [0.2, 0.25) is 0 Å². The molecule has 0 saturated heterocycles. The van der Waals surface area contributed by atoms with E-state index in [1.165, 1.54) is 7.11 Å². The van der Waals surface area contributed by atoms with E-state index in [2.05, 4.69) is 10.3 Å². The summed E-state index contributed by atoms with van der Waals surface area (Å²) < 4.78 is 4.81. The minimum absolute atomic E-state index is 0.0818. The summed E-state index contributed by atoms with van der Waals surface area (Å²) in [6.07, 6.45) is 1.59. The Labute approximate surface area is 151 Å². The average Bonchev–Trinajstić information content (AvgIpc) is 3.38. The number of aryl methyl sites for hydroxylation is 1. The Kier molecular flexibility index (Phi) is 3.80. The Hall–Kier alpha value is -3.08. The van der Waals surface area contributed by atoms with Crippen molar-refractivity contribution in [1.29, 1.82) is 0 Å². The van der Waals surface area contributed by atoms with Gasteiger partial charge in [0.1, 0.15) is 0 Å². The highest BCUT2D eigenvalue weighted by molar-refractivity contribution is 6.08. The Morgan fingerprint density at radius 1 is 1.08 bits per heavy atom. The van der Waals surface area contributed by atoms with Gasteiger partial charge in [0.25, 0.3) is 0 Å². The quantitative estimate of drug-likeness (QED) is 0.702. The fourth-order valence-corrected chi connectivity index (χ4v) is 3.73. The smallest absolute Gasteiger partial charge is 0.339 e. The molecule has 132 valence electrons. The minimum Gasteiger partial charge on any atom is -0.465 e. The lowest BCUT2D eigenvalue weighted by Gasteiger charge is -2.17. The van der Waals surface area contributed by atoms with Gasteiger partial charge >= 0.3 is 5.97 Å². The highest BCUT2D eigenvalue weighted by Gasteiger charge is 2.53. The van der Waals surface area contributed by atoms with Crippen LogP contribution in [0.1, 0.15) is 34.5 Å². The number of anilines is 1. The van der Waals surface area contributed by atoms with Crippen LogP contribution in [0.4, 0.5) is 5.69 Å². The van der Waals surface area contributed by atoms with Gasteiger partial charge in [0.2, 0.25) is 5.91 Å². The number of methoxy groups -OCH3 is 1. The van der Waals surface area contributed by atoms with Crippen molar-refractivity contribution < 1.29 is 14.3 Å². The van der Waals surface area contributed by atoms with E-state index < -0.39 is 11.4 Å². The van der Waals surface area contributed by atoms with Crippen LogP contribution in [-0.4, -0.2) is 24.0 Å². The summed E-state index contributed by atoms with van der Waals surface area (Å²) in [5, 5.41) is 4.04. The van der Waals surface area contributed by atoms with E-state index in [1.807, 2.05) is 31.2 Å². The summed E-state index contributed by atoms with van der Waals surface area (Å²) in [5.41, 5.74) is 3.39. The number of nitrogens with one attached hydrogen (secondary N) is 2. The van der Waals surface area contributed by atoms with Crippen molar-refractivity contribution in [2.75, 3.05) is 12.4 Å². The molecule has 1 aromatic heterocycles. The molecule has 1 aliphatic carbocycles. The number of esters is 1. The molecular formula is C21H20N2O3. The van der Waals surface area contributed by atoms with Crippen molar-refractivity contribution in [3.05, 3.63) is 65.4 Å². The van der Waals surface area contributed by atoms with Gasteiger partial charge in [-0.05, 0) is 43.5 Å². The molecule has 26 heavy (non-hydrogen) atoms. The number of para-hydroxylation sites is 2. The number of ether oxygens (including phenoxy) is 1. The maximum Gasteiger partial charge on any atom is 0.339 e. The monoisotopic (exact) mass is 348 g/mol. The van der Waals surface area contributed by atoms with Crippen LogP contribution < -0.4 is 5.32 Å². The maximum absolute atomic E-state index is 13.2. The van der Waals surface area contributed by atoms with Gasteiger partial charge in [-0.15, -0.1) is 0 Å². The van der Waals surface area contributed by atoms with Crippen LogP contribution in [0.5, 0.6) is 0 Å². The number of rotatable bonds is 4. The highest BCUT2D eigenvalue weighted by Crippen LogP contribution is 2.52. The third-order valence-electron chi connectivity index (χ3n) is 5.14. The van der Waals surface area contributed by atoms with E-state index in [0.717, 1.165) is 35.0 Å². The van der Waals surface area contributed by atoms with E-state index in [4.69, 9.17) is 4.74 Å². The molecule has 0 atom stereocenters. The molecule has 4 rings (SSSR count). The predicted octanol–water partition coefficient (Wildman–Crippen LogP) is 3.93. The molecule has 0 unspecified atom stereocenters. The van der Waals surface area contributed by atoms with Crippen molar-refractivity contribution in [3.63, 3.8) is 0 Å². The maximum atomic E-state index is 13.2. The number of aromatic nitrogens is 1. The molecular weight excluding hydrogens is 328 g/mol. The molecule has 5 heteroatoms. The predicted molar refractivity (Wildman–Crippen MR) is 100 cm³/mol.